The first kappa shape index (κ1) is 52.7. The van der Waals surface area contributed by atoms with Gasteiger partial charge in [-0.2, -0.15) is 5.26 Å². The number of fused-ring (bicyclic) bond motifs is 2. The zero-order chi connectivity index (χ0) is 53.3. The van der Waals surface area contributed by atoms with Gasteiger partial charge in [-0.15, -0.1) is 22.7 Å². The maximum absolute atomic E-state index is 14.5. The van der Waals surface area contributed by atoms with Gasteiger partial charge >= 0.3 is 12.2 Å². The number of aromatic amines is 1. The monoisotopic (exact) mass is 1050 g/mol. The number of imidazole rings is 2. The normalized spacial score (nSPS) is 11.5. The summed E-state index contributed by atoms with van der Waals surface area (Å²) in [6, 6.07) is 23.5. The van der Waals surface area contributed by atoms with Crippen LogP contribution >= 0.6 is 22.7 Å². The van der Waals surface area contributed by atoms with Crippen LogP contribution in [0.25, 0.3) is 22.1 Å². The molecule has 386 valence electrons. The van der Waals surface area contributed by atoms with E-state index in [1.165, 1.54) is 41.1 Å². The molecular weight excluding hydrogens is 997 g/mol. The van der Waals surface area contributed by atoms with Crippen LogP contribution in [0.4, 0.5) is 9.59 Å². The molecule has 8 aromatic rings. The molecule has 23 heteroatoms. The highest BCUT2D eigenvalue weighted by molar-refractivity contribution is 7.10. The number of nitrogens with zero attached hydrogens (tertiary/aromatic N) is 10. The van der Waals surface area contributed by atoms with Crippen molar-refractivity contribution in [2.45, 2.75) is 91.4 Å². The lowest BCUT2D eigenvalue weighted by atomic mass is 10.1. The highest BCUT2D eigenvalue weighted by Gasteiger charge is 2.31. The first-order chi connectivity index (χ1) is 35.9. The van der Waals surface area contributed by atoms with E-state index >= 15 is 0 Å². The van der Waals surface area contributed by atoms with Gasteiger partial charge in [0, 0.05) is 62.2 Å². The van der Waals surface area contributed by atoms with Crippen molar-refractivity contribution < 1.29 is 33.4 Å². The quantitative estimate of drug-likeness (QED) is 0.0593. The SMILES string of the molecule is CC(C)(C)OC(=O)N(CCc1nc(C(=O)NCc2ccc(C(N)=O)nc2)cs1)Cc1nc2ccccc2n1CC(C)(C)OC(=O)N(CCc1nc(C(=O)NCc2ccc(C#N)nc2)cs1)Cc1nc2ccccc2[nH]1. The topological polar surface area (TPSA) is 282 Å². The lowest BCUT2D eigenvalue weighted by Crippen LogP contribution is -2.42. The highest BCUT2D eigenvalue weighted by Crippen LogP contribution is 2.25. The van der Waals surface area contributed by atoms with Crippen molar-refractivity contribution in [2.75, 3.05) is 13.1 Å². The van der Waals surface area contributed by atoms with E-state index in [1.807, 2.05) is 59.2 Å². The molecular formula is C52H54N14O7S2. The number of amides is 5. The minimum atomic E-state index is -1.14. The Bertz CT molecular complexity index is 3350. The molecule has 21 nitrogen and oxygen atoms in total. The van der Waals surface area contributed by atoms with Gasteiger partial charge in [0.25, 0.3) is 17.7 Å². The first-order valence-electron chi connectivity index (χ1n) is 23.8. The van der Waals surface area contributed by atoms with Crippen LogP contribution in [0.5, 0.6) is 0 Å². The molecule has 5 N–H and O–H groups in total. The summed E-state index contributed by atoms with van der Waals surface area (Å²) in [6.45, 7) is 9.93. The van der Waals surface area contributed by atoms with Crippen LogP contribution in [0, 0.1) is 11.3 Å². The van der Waals surface area contributed by atoms with E-state index in [4.69, 9.17) is 30.4 Å². The van der Waals surface area contributed by atoms with Crippen molar-refractivity contribution in [2.24, 2.45) is 5.73 Å². The predicted octanol–water partition coefficient (Wildman–Crippen LogP) is 7.09. The summed E-state index contributed by atoms with van der Waals surface area (Å²) >= 11 is 2.59. The maximum atomic E-state index is 14.5. The number of pyridine rings is 2. The Labute approximate surface area is 439 Å². The van der Waals surface area contributed by atoms with Crippen LogP contribution < -0.4 is 16.4 Å². The number of nitrogens with one attached hydrogen (secondary N) is 3. The number of nitriles is 1. The third-order valence-corrected chi connectivity index (χ3v) is 13.2. The van der Waals surface area contributed by atoms with E-state index in [0.717, 1.165) is 22.1 Å². The third kappa shape index (κ3) is 14.1. The van der Waals surface area contributed by atoms with Crippen LogP contribution in [0.2, 0.25) is 0 Å². The molecule has 6 heterocycles. The van der Waals surface area contributed by atoms with Crippen LogP contribution in [0.1, 0.15) is 105 Å². The summed E-state index contributed by atoms with van der Waals surface area (Å²) in [4.78, 5) is 99.2. The second-order valence-electron chi connectivity index (χ2n) is 19.0. The Morgan fingerprint density at radius 3 is 1.87 bits per heavy atom. The third-order valence-electron chi connectivity index (χ3n) is 11.3. The zero-order valence-electron chi connectivity index (χ0n) is 41.8. The molecule has 0 spiro atoms. The fourth-order valence-corrected chi connectivity index (χ4v) is 9.24. The van der Waals surface area contributed by atoms with Gasteiger partial charge in [0.2, 0.25) is 0 Å². The molecule has 0 saturated heterocycles. The first-order valence-corrected chi connectivity index (χ1v) is 25.5. The molecule has 75 heavy (non-hydrogen) atoms. The van der Waals surface area contributed by atoms with Gasteiger partial charge < -0.3 is 45.2 Å². The van der Waals surface area contributed by atoms with Crippen LogP contribution in [0.15, 0.2) is 96.0 Å². The van der Waals surface area contributed by atoms with Crippen molar-refractivity contribution in [3.8, 4) is 6.07 Å². The second kappa shape index (κ2) is 23.1. The van der Waals surface area contributed by atoms with Gasteiger partial charge in [0.05, 0.1) is 51.7 Å². The number of aromatic nitrogens is 8. The van der Waals surface area contributed by atoms with Crippen molar-refractivity contribution in [3.05, 3.63) is 152 Å². The summed E-state index contributed by atoms with van der Waals surface area (Å²) in [7, 11) is 0. The summed E-state index contributed by atoms with van der Waals surface area (Å²) in [5, 5.41) is 19.2. The van der Waals surface area contributed by atoms with E-state index in [0.29, 0.717) is 45.6 Å². The lowest BCUT2D eigenvalue weighted by Gasteiger charge is -2.31. The minimum absolute atomic E-state index is 0.0214. The number of carbonyl (C=O) groups is 5. The van der Waals surface area contributed by atoms with E-state index in [1.54, 1.807) is 73.4 Å². The molecule has 0 fully saturated rings. The van der Waals surface area contributed by atoms with E-state index in [-0.39, 0.29) is 74.5 Å². The molecule has 0 aliphatic rings. The lowest BCUT2D eigenvalue weighted by molar-refractivity contribution is 0.00133. The Morgan fingerprint density at radius 1 is 0.707 bits per heavy atom. The number of thiazole rings is 2. The number of para-hydroxylation sites is 4. The van der Waals surface area contributed by atoms with Crippen LogP contribution in [-0.2, 0) is 55.0 Å². The van der Waals surface area contributed by atoms with Crippen molar-refractivity contribution in [3.63, 3.8) is 0 Å². The number of hydrogen-bond donors (Lipinski definition) is 4. The van der Waals surface area contributed by atoms with Gasteiger partial charge in [-0.1, -0.05) is 36.4 Å². The van der Waals surface area contributed by atoms with E-state index in [2.05, 4.69) is 35.6 Å². The molecule has 0 bridgehead atoms. The molecule has 0 saturated carbocycles. The largest absolute Gasteiger partial charge is 0.444 e. The fourth-order valence-electron chi connectivity index (χ4n) is 7.70. The molecule has 5 amide bonds. The molecule has 0 aliphatic heterocycles. The average Bonchev–Trinajstić information content (AvgIpc) is 4.21. The molecule has 6 aromatic heterocycles. The van der Waals surface area contributed by atoms with Gasteiger partial charge in [0.15, 0.2) is 0 Å². The smallest absolute Gasteiger partial charge is 0.410 e. The molecule has 2 aromatic carbocycles. The van der Waals surface area contributed by atoms with Gasteiger partial charge in [-0.3, -0.25) is 19.4 Å². The minimum Gasteiger partial charge on any atom is -0.444 e. The Hall–Kier alpha value is -8.62. The summed E-state index contributed by atoms with van der Waals surface area (Å²) in [6.07, 6.45) is 2.42. The second-order valence-corrected chi connectivity index (χ2v) is 20.8. The van der Waals surface area contributed by atoms with Crippen molar-refractivity contribution in [1.82, 2.24) is 59.9 Å². The number of benzene rings is 2. The van der Waals surface area contributed by atoms with Crippen LogP contribution in [-0.4, -0.2) is 103 Å². The molecule has 0 aliphatic carbocycles. The van der Waals surface area contributed by atoms with Gasteiger partial charge in [0.1, 0.15) is 51.7 Å². The standard InChI is InChI=1S/C52H54N14O7S2/c1-51(2,3)72-49(70)65(21-19-45-63-40(30-75-45)48(69)58-26-33-15-17-38(46(54)67)56-24-33)28-43-61-37-12-8-9-13-41(37)66(43)31-52(4,5)73-50(71)64(27-42-59-35-10-6-7-11-36(35)60-42)20-18-44-62-39(29-74-44)47(68)57-25-32-14-16-34(22-53)55-23-32/h6-17,23-24,29-30H,18-21,25-28,31H2,1-5H3,(H2,54,67)(H,57,68)(H,58,69)(H,59,60). The Balaban J connectivity index is 0.961. The number of H-pyrrole nitrogens is 1. The average molecular weight is 1050 g/mol. The number of nitrogens with two attached hydrogens (primary N) is 1. The fraction of sp³-hybridized carbons (Fsp3) is 0.308. The number of rotatable bonds is 20. The van der Waals surface area contributed by atoms with Crippen LogP contribution in [0.3, 0.4) is 0 Å². The Morgan fingerprint density at radius 2 is 1.29 bits per heavy atom. The zero-order valence-corrected chi connectivity index (χ0v) is 43.5. The van der Waals surface area contributed by atoms with Crippen molar-refractivity contribution >= 4 is 74.6 Å². The van der Waals surface area contributed by atoms with Crippen molar-refractivity contribution in [1.29, 1.82) is 5.26 Å². The summed E-state index contributed by atoms with van der Waals surface area (Å²) in [5.41, 5.74) is 8.56. The van der Waals surface area contributed by atoms with Gasteiger partial charge in [-0.25, -0.2) is 34.5 Å². The molecule has 0 atom stereocenters. The number of carbonyl (C=O) groups excluding carboxylic acids is 5. The highest BCUT2D eigenvalue weighted by atomic mass is 32.1. The molecule has 8 rings (SSSR count). The number of hydrogen-bond acceptors (Lipinski definition) is 16. The van der Waals surface area contributed by atoms with Gasteiger partial charge in [-0.05, 0) is 82.1 Å². The summed E-state index contributed by atoms with van der Waals surface area (Å²) < 4.78 is 14.2. The Kier molecular flexibility index (Phi) is 16.2. The molecule has 0 radical (unpaired) electrons. The van der Waals surface area contributed by atoms with E-state index in [9.17, 15) is 24.0 Å². The molecule has 0 unspecified atom stereocenters. The predicted molar refractivity (Wildman–Crippen MR) is 279 cm³/mol. The van der Waals surface area contributed by atoms with E-state index < -0.39 is 35.2 Å². The maximum Gasteiger partial charge on any atom is 0.410 e. The summed E-state index contributed by atoms with van der Waals surface area (Å²) in [5.74, 6) is -0.360. The number of primary amides is 1. The number of ether oxygens (including phenoxy) is 2.